The first kappa shape index (κ1) is 15.4. The van der Waals surface area contributed by atoms with Gasteiger partial charge in [0.05, 0.1) is 0 Å². The Bertz CT molecular complexity index is 661. The molecular formula is C17H22ClN3O. The lowest BCUT2D eigenvalue weighted by Crippen LogP contribution is -2.41. The first-order valence-electron chi connectivity index (χ1n) is 7.95. The molecule has 1 aliphatic heterocycles. The Hall–Kier alpha value is -1.52. The molecule has 1 unspecified atom stereocenters. The van der Waals surface area contributed by atoms with Gasteiger partial charge in [0.25, 0.3) is 5.91 Å². The Labute approximate surface area is 135 Å². The number of nitrogens with one attached hydrogen (secondary N) is 2. The molecule has 5 heteroatoms. The van der Waals surface area contributed by atoms with Gasteiger partial charge in [-0.05, 0) is 63.0 Å². The second kappa shape index (κ2) is 6.71. The van der Waals surface area contributed by atoms with E-state index in [1.165, 1.54) is 12.8 Å². The third-order valence-corrected chi connectivity index (χ3v) is 4.59. The van der Waals surface area contributed by atoms with E-state index in [1.807, 2.05) is 36.1 Å². The van der Waals surface area contributed by atoms with Crippen LogP contribution >= 0.6 is 11.6 Å². The monoisotopic (exact) mass is 319 g/mol. The highest BCUT2D eigenvalue weighted by molar-refractivity contribution is 6.31. The number of piperidine rings is 1. The highest BCUT2D eigenvalue weighted by Crippen LogP contribution is 2.21. The van der Waals surface area contributed by atoms with Crippen molar-refractivity contribution < 1.29 is 4.79 Å². The van der Waals surface area contributed by atoms with Crippen LogP contribution < -0.4 is 5.32 Å². The second-order valence-corrected chi connectivity index (χ2v) is 6.41. The summed E-state index contributed by atoms with van der Waals surface area (Å²) < 4.78 is 0. The van der Waals surface area contributed by atoms with E-state index >= 15 is 0 Å². The highest BCUT2D eigenvalue weighted by Gasteiger charge is 2.21. The molecule has 1 aliphatic rings. The van der Waals surface area contributed by atoms with E-state index in [9.17, 15) is 4.79 Å². The van der Waals surface area contributed by atoms with Gasteiger partial charge < -0.3 is 15.2 Å². The molecule has 1 atom stereocenters. The van der Waals surface area contributed by atoms with E-state index < -0.39 is 0 Å². The van der Waals surface area contributed by atoms with E-state index in [0.717, 1.165) is 37.1 Å². The van der Waals surface area contributed by atoms with Crippen molar-refractivity contribution in [1.29, 1.82) is 0 Å². The smallest absolute Gasteiger partial charge is 0.270 e. The van der Waals surface area contributed by atoms with Crippen LogP contribution in [0.25, 0.3) is 10.9 Å². The zero-order valence-electron chi connectivity index (χ0n) is 12.9. The molecule has 1 saturated heterocycles. The zero-order valence-corrected chi connectivity index (χ0v) is 13.6. The maximum absolute atomic E-state index is 12.7. The minimum absolute atomic E-state index is 0.0698. The molecule has 1 fully saturated rings. The van der Waals surface area contributed by atoms with Gasteiger partial charge in [-0.15, -0.1) is 0 Å². The lowest BCUT2D eigenvalue weighted by Gasteiger charge is -2.29. The Balaban J connectivity index is 1.76. The normalized spacial score (nSPS) is 18.5. The molecular weight excluding hydrogens is 298 g/mol. The summed E-state index contributed by atoms with van der Waals surface area (Å²) >= 11 is 6.01. The summed E-state index contributed by atoms with van der Waals surface area (Å²) in [5, 5.41) is 5.07. The van der Waals surface area contributed by atoms with Crippen LogP contribution in [0.2, 0.25) is 5.02 Å². The SMILES string of the molecule is CCN(CC1CCCNC1)C(=O)c1cc2cc(Cl)ccc2[nH]1. The zero-order chi connectivity index (χ0) is 15.5. The van der Waals surface area contributed by atoms with Crippen LogP contribution in [-0.2, 0) is 0 Å². The van der Waals surface area contributed by atoms with Crippen molar-refractivity contribution in [3.63, 3.8) is 0 Å². The van der Waals surface area contributed by atoms with Crippen molar-refractivity contribution in [2.45, 2.75) is 19.8 Å². The van der Waals surface area contributed by atoms with E-state index in [0.29, 0.717) is 16.6 Å². The summed E-state index contributed by atoms with van der Waals surface area (Å²) in [6, 6.07) is 7.52. The second-order valence-electron chi connectivity index (χ2n) is 5.97. The molecule has 1 amide bonds. The van der Waals surface area contributed by atoms with Crippen molar-refractivity contribution in [2.24, 2.45) is 5.92 Å². The largest absolute Gasteiger partial charge is 0.351 e. The Kier molecular flexibility index (Phi) is 4.69. The van der Waals surface area contributed by atoms with Crippen molar-refractivity contribution >= 4 is 28.4 Å². The van der Waals surface area contributed by atoms with E-state index in [1.54, 1.807) is 0 Å². The third kappa shape index (κ3) is 3.28. The summed E-state index contributed by atoms with van der Waals surface area (Å²) in [7, 11) is 0. The Morgan fingerprint density at radius 1 is 1.41 bits per heavy atom. The van der Waals surface area contributed by atoms with Gasteiger partial charge in [0.1, 0.15) is 5.69 Å². The first-order valence-corrected chi connectivity index (χ1v) is 8.33. The fourth-order valence-corrected chi connectivity index (χ4v) is 3.32. The number of benzene rings is 1. The number of hydrogen-bond donors (Lipinski definition) is 2. The molecule has 3 rings (SSSR count). The van der Waals surface area contributed by atoms with Crippen LogP contribution in [0.4, 0.5) is 0 Å². The fourth-order valence-electron chi connectivity index (χ4n) is 3.14. The number of hydrogen-bond acceptors (Lipinski definition) is 2. The maximum atomic E-state index is 12.7. The van der Waals surface area contributed by atoms with Crippen LogP contribution in [-0.4, -0.2) is 42.0 Å². The summed E-state index contributed by atoms with van der Waals surface area (Å²) in [6.45, 7) is 5.68. The predicted molar refractivity (Wildman–Crippen MR) is 90.5 cm³/mol. The molecule has 0 bridgehead atoms. The van der Waals surface area contributed by atoms with Gasteiger partial charge in [-0.3, -0.25) is 4.79 Å². The lowest BCUT2D eigenvalue weighted by atomic mass is 9.99. The van der Waals surface area contributed by atoms with Gasteiger partial charge >= 0.3 is 0 Å². The predicted octanol–water partition coefficient (Wildman–Crippen LogP) is 3.28. The number of H-pyrrole nitrogens is 1. The highest BCUT2D eigenvalue weighted by atomic mass is 35.5. The van der Waals surface area contributed by atoms with Gasteiger partial charge in [-0.25, -0.2) is 0 Å². The molecule has 0 aliphatic carbocycles. The molecule has 2 heterocycles. The van der Waals surface area contributed by atoms with E-state index in [2.05, 4.69) is 10.3 Å². The van der Waals surface area contributed by atoms with Crippen molar-refractivity contribution in [3.8, 4) is 0 Å². The van der Waals surface area contributed by atoms with Crippen LogP contribution in [0.15, 0.2) is 24.3 Å². The molecule has 1 aromatic carbocycles. The van der Waals surface area contributed by atoms with Crippen LogP contribution in [0.1, 0.15) is 30.3 Å². The Morgan fingerprint density at radius 3 is 3.00 bits per heavy atom. The number of nitrogens with zero attached hydrogens (tertiary/aromatic N) is 1. The number of aromatic amines is 1. The minimum atomic E-state index is 0.0698. The number of halogens is 1. The minimum Gasteiger partial charge on any atom is -0.351 e. The molecule has 0 saturated carbocycles. The fraction of sp³-hybridized carbons (Fsp3) is 0.471. The first-order chi connectivity index (χ1) is 10.7. The number of rotatable bonds is 4. The van der Waals surface area contributed by atoms with Crippen molar-refractivity contribution in [1.82, 2.24) is 15.2 Å². The van der Waals surface area contributed by atoms with Gasteiger partial charge in [0, 0.05) is 29.0 Å². The molecule has 1 aromatic heterocycles. The molecule has 2 N–H and O–H groups in total. The maximum Gasteiger partial charge on any atom is 0.270 e. The quantitative estimate of drug-likeness (QED) is 0.908. The van der Waals surface area contributed by atoms with Crippen LogP contribution in [0.5, 0.6) is 0 Å². The molecule has 2 aromatic rings. The number of amides is 1. The molecule has 22 heavy (non-hydrogen) atoms. The van der Waals surface area contributed by atoms with Gasteiger partial charge in [0.15, 0.2) is 0 Å². The summed E-state index contributed by atoms with van der Waals surface area (Å²) in [5.41, 5.74) is 1.59. The van der Waals surface area contributed by atoms with Crippen LogP contribution in [0.3, 0.4) is 0 Å². The summed E-state index contributed by atoms with van der Waals surface area (Å²) in [6.07, 6.45) is 2.39. The topological polar surface area (TPSA) is 48.1 Å². The number of fused-ring (bicyclic) bond motifs is 1. The number of carbonyl (C=O) groups excluding carboxylic acids is 1. The standard InChI is InChI=1S/C17H22ClN3O/c1-2-21(11-12-4-3-7-19-10-12)17(22)16-9-13-8-14(18)5-6-15(13)20-16/h5-6,8-9,12,19-20H,2-4,7,10-11H2,1H3. The number of aromatic nitrogens is 1. The average Bonchev–Trinajstić information content (AvgIpc) is 2.96. The molecule has 118 valence electrons. The van der Waals surface area contributed by atoms with Crippen molar-refractivity contribution in [2.75, 3.05) is 26.2 Å². The average molecular weight is 320 g/mol. The summed E-state index contributed by atoms with van der Waals surface area (Å²) in [5.74, 6) is 0.622. The molecule has 4 nitrogen and oxygen atoms in total. The van der Waals surface area contributed by atoms with E-state index in [-0.39, 0.29) is 5.91 Å². The third-order valence-electron chi connectivity index (χ3n) is 4.36. The van der Waals surface area contributed by atoms with E-state index in [4.69, 9.17) is 11.6 Å². The van der Waals surface area contributed by atoms with Crippen molar-refractivity contribution in [3.05, 3.63) is 35.0 Å². The number of carbonyl (C=O) groups is 1. The Morgan fingerprint density at radius 2 is 2.27 bits per heavy atom. The lowest BCUT2D eigenvalue weighted by molar-refractivity contribution is 0.0724. The van der Waals surface area contributed by atoms with Crippen LogP contribution in [0, 0.1) is 5.92 Å². The van der Waals surface area contributed by atoms with Gasteiger partial charge in [-0.1, -0.05) is 11.6 Å². The van der Waals surface area contributed by atoms with Gasteiger partial charge in [-0.2, -0.15) is 0 Å². The summed E-state index contributed by atoms with van der Waals surface area (Å²) in [4.78, 5) is 17.9. The molecule has 0 radical (unpaired) electrons. The molecule has 0 spiro atoms. The van der Waals surface area contributed by atoms with Gasteiger partial charge in [0.2, 0.25) is 0 Å².